The van der Waals surface area contributed by atoms with E-state index in [0.717, 1.165) is 12.8 Å². The van der Waals surface area contributed by atoms with Gasteiger partial charge in [-0.05, 0) is 19.8 Å². The van der Waals surface area contributed by atoms with Gasteiger partial charge in [-0.1, -0.05) is 90.9 Å². The quantitative estimate of drug-likeness (QED) is 0.231. The zero-order valence-electron chi connectivity index (χ0n) is 15.5. The Morgan fingerprint density at radius 1 is 0.727 bits per heavy atom. The minimum Gasteiger partial charge on any atom is -0.463 e. The zero-order chi connectivity index (χ0) is 16.5. The molecule has 0 rings (SSSR count). The van der Waals surface area contributed by atoms with E-state index in [4.69, 9.17) is 4.74 Å². The minimum absolute atomic E-state index is 0.0163. The van der Waals surface area contributed by atoms with Crippen LogP contribution >= 0.6 is 0 Å². The Kier molecular flexibility index (Phi) is 16.4. The molecule has 0 unspecified atom stereocenters. The second kappa shape index (κ2) is 16.8. The molecule has 0 aromatic heterocycles. The molecule has 0 aliphatic heterocycles. The second-order valence-electron chi connectivity index (χ2n) is 6.70. The minimum atomic E-state index is -0.0163. The summed E-state index contributed by atoms with van der Waals surface area (Å²) in [7, 11) is 0. The smallest absolute Gasteiger partial charge is 0.306 e. The van der Waals surface area contributed by atoms with Crippen LogP contribution in [-0.2, 0) is 9.53 Å². The van der Waals surface area contributed by atoms with Crippen molar-refractivity contribution in [3.63, 3.8) is 0 Å². The molecule has 0 saturated carbocycles. The Hall–Kier alpha value is -0.530. The lowest BCUT2D eigenvalue weighted by Crippen LogP contribution is -2.13. The molecule has 0 saturated heterocycles. The highest BCUT2D eigenvalue weighted by Crippen LogP contribution is 2.13. The lowest BCUT2D eigenvalue weighted by molar-refractivity contribution is -0.148. The van der Waals surface area contributed by atoms with E-state index in [1.165, 1.54) is 77.0 Å². The molecule has 0 N–H and O–H groups in total. The van der Waals surface area contributed by atoms with Gasteiger partial charge in [0.25, 0.3) is 0 Å². The lowest BCUT2D eigenvalue weighted by atomic mass is 10.0. The van der Waals surface area contributed by atoms with Crippen molar-refractivity contribution in [2.75, 3.05) is 0 Å². The first-order valence-electron chi connectivity index (χ1n) is 9.90. The van der Waals surface area contributed by atoms with E-state index in [9.17, 15) is 4.79 Å². The summed E-state index contributed by atoms with van der Waals surface area (Å²) in [5.41, 5.74) is 0. The molecule has 0 spiro atoms. The number of unbranched alkanes of at least 4 members (excludes halogenated alkanes) is 12. The largest absolute Gasteiger partial charge is 0.463 e. The first kappa shape index (κ1) is 21.5. The molecule has 0 aromatic rings. The molecular formula is C20H40O2. The fourth-order valence-electron chi connectivity index (χ4n) is 2.65. The molecule has 0 fully saturated rings. The van der Waals surface area contributed by atoms with Gasteiger partial charge in [0, 0.05) is 6.42 Å². The molecule has 0 aromatic carbocycles. The monoisotopic (exact) mass is 312 g/mol. The molecule has 2 heteroatoms. The zero-order valence-corrected chi connectivity index (χ0v) is 15.5. The summed E-state index contributed by atoms with van der Waals surface area (Å²) in [6, 6.07) is 0. The van der Waals surface area contributed by atoms with Gasteiger partial charge in [0.2, 0.25) is 0 Å². The van der Waals surface area contributed by atoms with Gasteiger partial charge in [-0.15, -0.1) is 0 Å². The predicted octanol–water partition coefficient (Wildman–Crippen LogP) is 6.81. The maximum Gasteiger partial charge on any atom is 0.306 e. The molecule has 0 aliphatic carbocycles. The van der Waals surface area contributed by atoms with Gasteiger partial charge in [-0.3, -0.25) is 4.79 Å². The first-order valence-corrected chi connectivity index (χ1v) is 9.90. The molecule has 0 bridgehead atoms. The Balaban J connectivity index is 3.12. The van der Waals surface area contributed by atoms with Crippen LogP contribution in [0.1, 0.15) is 117 Å². The number of carbonyl (C=O) groups is 1. The number of esters is 1. The average Bonchev–Trinajstić information content (AvgIpc) is 2.51. The highest BCUT2D eigenvalue weighted by molar-refractivity contribution is 5.69. The third kappa shape index (κ3) is 15.9. The number of rotatable bonds is 16. The molecule has 0 aliphatic rings. The van der Waals surface area contributed by atoms with Crippen molar-refractivity contribution >= 4 is 5.97 Å². The van der Waals surface area contributed by atoms with Gasteiger partial charge < -0.3 is 4.74 Å². The van der Waals surface area contributed by atoms with Crippen molar-refractivity contribution in [3.8, 4) is 0 Å². The van der Waals surface area contributed by atoms with Crippen LogP contribution in [0.4, 0.5) is 0 Å². The van der Waals surface area contributed by atoms with Gasteiger partial charge in [0.15, 0.2) is 0 Å². The van der Waals surface area contributed by atoms with Gasteiger partial charge >= 0.3 is 5.97 Å². The van der Waals surface area contributed by atoms with E-state index < -0.39 is 0 Å². The second-order valence-corrected chi connectivity index (χ2v) is 6.70. The Labute approximate surface area is 139 Å². The van der Waals surface area contributed by atoms with Crippen LogP contribution in [0.5, 0.6) is 0 Å². The van der Waals surface area contributed by atoms with E-state index in [1.54, 1.807) is 0 Å². The summed E-state index contributed by atoms with van der Waals surface area (Å²) in [4.78, 5) is 11.5. The number of hydrogen-bond acceptors (Lipinski definition) is 2. The van der Waals surface area contributed by atoms with E-state index in [2.05, 4.69) is 6.92 Å². The van der Waals surface area contributed by atoms with Crippen molar-refractivity contribution < 1.29 is 9.53 Å². The van der Waals surface area contributed by atoms with Gasteiger partial charge in [0.1, 0.15) is 0 Å². The summed E-state index contributed by atoms with van der Waals surface area (Å²) < 4.78 is 5.27. The lowest BCUT2D eigenvalue weighted by Gasteiger charge is -2.10. The maximum absolute atomic E-state index is 11.5. The molecule has 0 amide bonds. The topological polar surface area (TPSA) is 26.3 Å². The first-order chi connectivity index (χ1) is 10.7. The molecular weight excluding hydrogens is 272 g/mol. The van der Waals surface area contributed by atoms with Crippen molar-refractivity contribution in [1.82, 2.24) is 0 Å². The molecule has 0 heterocycles. The van der Waals surface area contributed by atoms with Gasteiger partial charge in [-0.2, -0.15) is 0 Å². The molecule has 132 valence electrons. The molecule has 2 nitrogen and oxygen atoms in total. The van der Waals surface area contributed by atoms with Crippen LogP contribution in [0, 0.1) is 0 Å². The van der Waals surface area contributed by atoms with E-state index in [0.29, 0.717) is 6.42 Å². The summed E-state index contributed by atoms with van der Waals surface area (Å²) in [5, 5.41) is 0. The van der Waals surface area contributed by atoms with Crippen molar-refractivity contribution in [2.24, 2.45) is 0 Å². The summed E-state index contributed by atoms with van der Waals surface area (Å²) in [6.45, 7) is 6.28. The van der Waals surface area contributed by atoms with E-state index >= 15 is 0 Å². The summed E-state index contributed by atoms with van der Waals surface area (Å²) >= 11 is 0. The summed E-state index contributed by atoms with van der Waals surface area (Å²) in [5.74, 6) is -0.0163. The van der Waals surface area contributed by atoms with Crippen LogP contribution in [-0.4, -0.2) is 12.1 Å². The third-order valence-electron chi connectivity index (χ3n) is 4.39. The van der Waals surface area contributed by atoms with E-state index in [1.807, 2.05) is 13.8 Å². The van der Waals surface area contributed by atoms with Crippen molar-refractivity contribution in [3.05, 3.63) is 0 Å². The Bertz CT molecular complexity index is 238. The fraction of sp³-hybridized carbons (Fsp3) is 0.950. The molecule has 1 atom stereocenters. The Morgan fingerprint density at radius 2 is 1.14 bits per heavy atom. The average molecular weight is 313 g/mol. The van der Waals surface area contributed by atoms with Crippen LogP contribution in [0.3, 0.4) is 0 Å². The highest BCUT2D eigenvalue weighted by atomic mass is 16.5. The summed E-state index contributed by atoms with van der Waals surface area (Å²) in [6.07, 6.45) is 19.0. The van der Waals surface area contributed by atoms with Crippen LogP contribution in [0.25, 0.3) is 0 Å². The standard InChI is InChI=1S/C20H40O2/c1-4-6-7-8-9-10-11-12-13-14-15-16-17-18-20(21)22-19(3)5-2/h19H,4-18H2,1-3H3/t19-/m0/s1. The third-order valence-corrected chi connectivity index (χ3v) is 4.39. The predicted molar refractivity (Wildman–Crippen MR) is 96.2 cm³/mol. The number of hydrogen-bond donors (Lipinski definition) is 0. The maximum atomic E-state index is 11.5. The molecule has 22 heavy (non-hydrogen) atoms. The van der Waals surface area contributed by atoms with Crippen molar-refractivity contribution in [2.45, 2.75) is 123 Å². The van der Waals surface area contributed by atoms with Gasteiger partial charge in [-0.25, -0.2) is 0 Å². The van der Waals surface area contributed by atoms with Crippen LogP contribution in [0.2, 0.25) is 0 Å². The van der Waals surface area contributed by atoms with E-state index in [-0.39, 0.29) is 12.1 Å². The van der Waals surface area contributed by atoms with Gasteiger partial charge in [0.05, 0.1) is 6.10 Å². The normalized spacial score (nSPS) is 12.3. The number of ether oxygens (including phenoxy) is 1. The van der Waals surface area contributed by atoms with Crippen LogP contribution < -0.4 is 0 Å². The number of carbonyl (C=O) groups excluding carboxylic acids is 1. The Morgan fingerprint density at radius 3 is 1.55 bits per heavy atom. The molecule has 0 radical (unpaired) electrons. The van der Waals surface area contributed by atoms with Crippen molar-refractivity contribution in [1.29, 1.82) is 0 Å². The highest BCUT2D eigenvalue weighted by Gasteiger charge is 2.06. The fourth-order valence-corrected chi connectivity index (χ4v) is 2.65. The SMILES string of the molecule is CCCCCCCCCCCCCCCC(=O)O[C@@H](C)CC. The van der Waals surface area contributed by atoms with Crippen LogP contribution in [0.15, 0.2) is 0 Å².